The maximum absolute atomic E-state index is 12.0. The van der Waals surface area contributed by atoms with Crippen LogP contribution in [0.5, 0.6) is 11.5 Å². The first kappa shape index (κ1) is 16.3. The number of pyridine rings is 1. The van der Waals surface area contributed by atoms with Gasteiger partial charge in [0.1, 0.15) is 11.5 Å². The zero-order chi connectivity index (χ0) is 16.8. The summed E-state index contributed by atoms with van der Waals surface area (Å²) in [6.45, 7) is 1.16. The van der Waals surface area contributed by atoms with Gasteiger partial charge >= 0.3 is 0 Å². The number of ether oxygens (including phenoxy) is 1. The molecule has 0 atom stereocenters. The molecule has 6 nitrogen and oxygen atoms in total. The summed E-state index contributed by atoms with van der Waals surface area (Å²) in [5.41, 5.74) is 0.661. The molecule has 2 heterocycles. The molecule has 1 aromatic heterocycles. The molecule has 3 rings (SSSR count). The van der Waals surface area contributed by atoms with E-state index >= 15 is 0 Å². The minimum atomic E-state index is -0.124. The minimum absolute atomic E-state index is 0.0514. The van der Waals surface area contributed by atoms with E-state index in [9.17, 15) is 9.59 Å². The van der Waals surface area contributed by atoms with E-state index in [-0.39, 0.29) is 17.6 Å². The number of rotatable bonds is 6. The van der Waals surface area contributed by atoms with Crippen LogP contribution in [0.3, 0.4) is 0 Å². The summed E-state index contributed by atoms with van der Waals surface area (Å²) in [5.74, 6) is 1.99. The highest BCUT2D eigenvalue weighted by atomic mass is 32.2. The Labute approximate surface area is 144 Å². The molecule has 1 aromatic carbocycles. The average Bonchev–Trinajstić information content (AvgIpc) is 2.99. The van der Waals surface area contributed by atoms with Gasteiger partial charge < -0.3 is 15.0 Å². The van der Waals surface area contributed by atoms with Crippen molar-refractivity contribution in [2.75, 3.05) is 24.2 Å². The van der Waals surface area contributed by atoms with Crippen molar-refractivity contribution in [3.05, 3.63) is 48.8 Å². The third-order valence-corrected chi connectivity index (χ3v) is 4.35. The van der Waals surface area contributed by atoms with E-state index in [1.54, 1.807) is 41.6 Å². The Hall–Kier alpha value is -2.54. The summed E-state index contributed by atoms with van der Waals surface area (Å²) < 4.78 is 5.71. The Morgan fingerprint density at radius 2 is 2.08 bits per heavy atom. The number of hydrogen-bond acceptors (Lipinski definition) is 5. The van der Waals surface area contributed by atoms with Crippen molar-refractivity contribution in [1.82, 2.24) is 9.88 Å². The van der Waals surface area contributed by atoms with E-state index in [0.717, 1.165) is 5.75 Å². The Morgan fingerprint density at radius 1 is 1.25 bits per heavy atom. The highest BCUT2D eigenvalue weighted by molar-refractivity contribution is 8.13. The largest absolute Gasteiger partial charge is 0.457 e. The van der Waals surface area contributed by atoms with Crippen molar-refractivity contribution < 1.29 is 14.3 Å². The molecule has 2 aromatic rings. The number of nitrogens with zero attached hydrogens (tertiary/aromatic N) is 2. The SMILES string of the molecule is O=C(CCN1CCSC1=O)Nc1cccc(Oc2ccncc2)c1. The molecule has 0 saturated carbocycles. The van der Waals surface area contributed by atoms with E-state index in [1.165, 1.54) is 11.8 Å². The number of benzene rings is 1. The summed E-state index contributed by atoms with van der Waals surface area (Å²) in [6.07, 6.45) is 3.58. The van der Waals surface area contributed by atoms with Crippen LogP contribution in [0.2, 0.25) is 0 Å². The van der Waals surface area contributed by atoms with Crippen LogP contribution in [0.15, 0.2) is 48.8 Å². The zero-order valence-corrected chi connectivity index (χ0v) is 13.8. The van der Waals surface area contributed by atoms with Crippen molar-refractivity contribution in [3.63, 3.8) is 0 Å². The van der Waals surface area contributed by atoms with E-state index in [4.69, 9.17) is 4.74 Å². The molecule has 0 spiro atoms. The molecule has 124 valence electrons. The lowest BCUT2D eigenvalue weighted by Gasteiger charge is -2.14. The fraction of sp³-hybridized carbons (Fsp3) is 0.235. The lowest BCUT2D eigenvalue weighted by Crippen LogP contribution is -2.27. The topological polar surface area (TPSA) is 71.5 Å². The zero-order valence-electron chi connectivity index (χ0n) is 13.0. The lowest BCUT2D eigenvalue weighted by atomic mass is 10.3. The molecule has 0 bridgehead atoms. The molecule has 2 amide bonds. The number of amides is 2. The molecule has 1 aliphatic rings. The first-order chi connectivity index (χ1) is 11.7. The summed E-state index contributed by atoms with van der Waals surface area (Å²) in [4.78, 5) is 29.2. The van der Waals surface area contributed by atoms with Gasteiger partial charge in [0.2, 0.25) is 5.91 Å². The van der Waals surface area contributed by atoms with Crippen LogP contribution in [-0.2, 0) is 4.79 Å². The Balaban J connectivity index is 1.54. The second kappa shape index (κ2) is 7.83. The normalized spacial score (nSPS) is 13.8. The predicted octanol–water partition coefficient (Wildman–Crippen LogP) is 3.37. The number of carbonyl (C=O) groups excluding carboxylic acids is 2. The van der Waals surface area contributed by atoms with E-state index in [0.29, 0.717) is 30.3 Å². The molecular weight excluding hydrogens is 326 g/mol. The number of carbonyl (C=O) groups is 2. The highest BCUT2D eigenvalue weighted by Gasteiger charge is 2.21. The smallest absolute Gasteiger partial charge is 0.281 e. The van der Waals surface area contributed by atoms with Crippen LogP contribution in [0, 0.1) is 0 Å². The van der Waals surface area contributed by atoms with Crippen LogP contribution < -0.4 is 10.1 Å². The fourth-order valence-electron chi connectivity index (χ4n) is 2.27. The van der Waals surface area contributed by atoms with Gasteiger partial charge in [-0.1, -0.05) is 17.8 Å². The number of anilines is 1. The van der Waals surface area contributed by atoms with Crippen LogP contribution >= 0.6 is 11.8 Å². The quantitative estimate of drug-likeness (QED) is 0.871. The molecule has 7 heteroatoms. The molecule has 1 saturated heterocycles. The van der Waals surface area contributed by atoms with Crippen LogP contribution in [-0.4, -0.2) is 39.9 Å². The first-order valence-corrected chi connectivity index (χ1v) is 8.59. The van der Waals surface area contributed by atoms with Gasteiger partial charge in [0.15, 0.2) is 0 Å². The molecule has 1 N–H and O–H groups in total. The molecule has 0 radical (unpaired) electrons. The standard InChI is InChI=1S/C17H17N3O3S/c21-16(6-9-20-10-11-24-17(20)22)19-13-2-1-3-15(12-13)23-14-4-7-18-8-5-14/h1-5,7-8,12H,6,9-11H2,(H,19,21). The van der Waals surface area contributed by atoms with Gasteiger partial charge in [0, 0.05) is 49.4 Å². The van der Waals surface area contributed by atoms with Crippen LogP contribution in [0.4, 0.5) is 10.5 Å². The van der Waals surface area contributed by atoms with Crippen LogP contribution in [0.25, 0.3) is 0 Å². The second-order valence-corrected chi connectivity index (χ2v) is 6.26. The minimum Gasteiger partial charge on any atom is -0.457 e. The third kappa shape index (κ3) is 4.48. The van der Waals surface area contributed by atoms with E-state index in [2.05, 4.69) is 10.3 Å². The summed E-state index contributed by atoms with van der Waals surface area (Å²) in [7, 11) is 0. The van der Waals surface area contributed by atoms with Crippen LogP contribution in [0.1, 0.15) is 6.42 Å². The molecule has 0 unspecified atom stereocenters. The number of thioether (sulfide) groups is 1. The monoisotopic (exact) mass is 343 g/mol. The summed E-state index contributed by atoms with van der Waals surface area (Å²) in [5, 5.41) is 2.88. The van der Waals surface area contributed by atoms with E-state index < -0.39 is 0 Å². The van der Waals surface area contributed by atoms with Crippen molar-refractivity contribution in [3.8, 4) is 11.5 Å². The van der Waals surface area contributed by atoms with Gasteiger partial charge in [-0.2, -0.15) is 0 Å². The first-order valence-electron chi connectivity index (χ1n) is 7.60. The number of hydrogen-bond donors (Lipinski definition) is 1. The van der Waals surface area contributed by atoms with Crippen molar-refractivity contribution in [2.24, 2.45) is 0 Å². The summed E-state index contributed by atoms with van der Waals surface area (Å²) >= 11 is 1.30. The van der Waals surface area contributed by atoms with Gasteiger partial charge in [-0.15, -0.1) is 0 Å². The van der Waals surface area contributed by atoms with Crippen molar-refractivity contribution in [2.45, 2.75) is 6.42 Å². The Morgan fingerprint density at radius 3 is 2.83 bits per heavy atom. The highest BCUT2D eigenvalue weighted by Crippen LogP contribution is 2.23. The summed E-state index contributed by atoms with van der Waals surface area (Å²) in [6, 6.07) is 10.7. The third-order valence-electron chi connectivity index (χ3n) is 3.46. The van der Waals surface area contributed by atoms with Gasteiger partial charge in [0.25, 0.3) is 5.24 Å². The van der Waals surface area contributed by atoms with Crippen molar-refractivity contribution in [1.29, 1.82) is 0 Å². The average molecular weight is 343 g/mol. The fourth-order valence-corrected chi connectivity index (χ4v) is 3.12. The lowest BCUT2D eigenvalue weighted by molar-refractivity contribution is -0.116. The number of nitrogens with one attached hydrogen (secondary N) is 1. The molecular formula is C17H17N3O3S. The van der Waals surface area contributed by atoms with Crippen molar-refractivity contribution >= 4 is 28.6 Å². The maximum atomic E-state index is 12.0. The van der Waals surface area contributed by atoms with Gasteiger partial charge in [-0.25, -0.2) is 0 Å². The van der Waals surface area contributed by atoms with Gasteiger partial charge in [-0.3, -0.25) is 14.6 Å². The van der Waals surface area contributed by atoms with Gasteiger partial charge in [0.05, 0.1) is 0 Å². The molecule has 1 aliphatic heterocycles. The Bertz CT molecular complexity index is 724. The predicted molar refractivity (Wildman–Crippen MR) is 93.4 cm³/mol. The maximum Gasteiger partial charge on any atom is 0.281 e. The second-order valence-electron chi connectivity index (χ2n) is 5.21. The Kier molecular flexibility index (Phi) is 5.32. The number of aromatic nitrogens is 1. The molecule has 1 fully saturated rings. The molecule has 0 aliphatic carbocycles. The van der Waals surface area contributed by atoms with E-state index in [1.807, 2.05) is 12.1 Å². The van der Waals surface area contributed by atoms with Gasteiger partial charge in [-0.05, 0) is 24.3 Å². The molecule has 24 heavy (non-hydrogen) atoms.